The van der Waals surface area contributed by atoms with Crippen molar-refractivity contribution in [1.29, 1.82) is 0 Å². The van der Waals surface area contributed by atoms with Crippen molar-refractivity contribution in [2.24, 2.45) is 5.92 Å². The van der Waals surface area contributed by atoms with Crippen LogP contribution >= 0.6 is 11.6 Å². The first kappa shape index (κ1) is 15.0. The third-order valence-electron chi connectivity index (χ3n) is 2.48. The van der Waals surface area contributed by atoms with Gasteiger partial charge in [0, 0.05) is 18.5 Å². The highest BCUT2D eigenvalue weighted by atomic mass is 35.5. The van der Waals surface area contributed by atoms with Gasteiger partial charge in [-0.05, 0) is 5.92 Å². The molecule has 0 radical (unpaired) electrons. The quantitative estimate of drug-likeness (QED) is 0.534. The second-order valence-electron chi connectivity index (χ2n) is 3.66. The molecule has 0 spiro atoms. The number of hydrogen-bond acceptors (Lipinski definition) is 1. The number of hydrogen-bond donors (Lipinski definition) is 1. The van der Waals surface area contributed by atoms with Gasteiger partial charge in [0.1, 0.15) is 0 Å². The molecule has 0 amide bonds. The average molecular weight is 246 g/mol. The van der Waals surface area contributed by atoms with E-state index in [-0.39, 0.29) is 11.9 Å². The third-order valence-corrected chi connectivity index (χ3v) is 3.00. The number of nitrogens with one attached hydrogen (secondary N) is 1. The van der Waals surface area contributed by atoms with E-state index in [9.17, 15) is 13.2 Å². The maximum atomic E-state index is 11.8. The summed E-state index contributed by atoms with van der Waals surface area (Å²) in [6.45, 7) is 4.48. The molecule has 0 heterocycles. The largest absolute Gasteiger partial charge is 0.390 e. The summed E-state index contributed by atoms with van der Waals surface area (Å²) in [7, 11) is 0. The monoisotopic (exact) mass is 245 g/mol. The van der Waals surface area contributed by atoms with Crippen LogP contribution in [0.4, 0.5) is 13.2 Å². The van der Waals surface area contributed by atoms with Crippen molar-refractivity contribution in [3.8, 4) is 0 Å². The van der Waals surface area contributed by atoms with E-state index in [1.807, 2.05) is 13.8 Å². The van der Waals surface area contributed by atoms with E-state index in [2.05, 4.69) is 5.32 Å². The van der Waals surface area contributed by atoms with Gasteiger partial charge in [-0.3, -0.25) is 0 Å². The fraction of sp³-hybridized carbons (Fsp3) is 1.00. The topological polar surface area (TPSA) is 12.0 Å². The minimum absolute atomic E-state index is 0.0487. The van der Waals surface area contributed by atoms with Crippen molar-refractivity contribution in [3.63, 3.8) is 0 Å². The summed E-state index contributed by atoms with van der Waals surface area (Å²) >= 11 is 6.05. The predicted octanol–water partition coefficient (Wildman–Crippen LogP) is 3.57. The maximum absolute atomic E-state index is 11.8. The van der Waals surface area contributed by atoms with Gasteiger partial charge < -0.3 is 5.32 Å². The Morgan fingerprint density at radius 2 is 1.73 bits per heavy atom. The molecule has 0 aromatic rings. The van der Waals surface area contributed by atoms with Gasteiger partial charge in [0.05, 0.1) is 6.42 Å². The highest BCUT2D eigenvalue weighted by molar-refractivity contribution is 6.21. The van der Waals surface area contributed by atoms with Gasteiger partial charge in [-0.2, -0.15) is 13.2 Å². The van der Waals surface area contributed by atoms with Crippen LogP contribution in [0.15, 0.2) is 0 Å². The fourth-order valence-corrected chi connectivity index (χ4v) is 1.90. The molecule has 1 nitrogen and oxygen atoms in total. The molecular formula is C10H19ClF3N. The second kappa shape index (κ2) is 7.34. The molecule has 0 aliphatic carbocycles. The average Bonchev–Trinajstić information content (AvgIpc) is 2.13. The molecule has 0 rings (SSSR count). The Morgan fingerprint density at radius 3 is 2.13 bits per heavy atom. The minimum Gasteiger partial charge on any atom is -0.315 e. The molecule has 0 bridgehead atoms. The molecule has 0 saturated heterocycles. The first-order valence-electron chi connectivity index (χ1n) is 5.32. The van der Waals surface area contributed by atoms with Crippen molar-refractivity contribution in [2.75, 3.05) is 13.1 Å². The standard InChI is InChI=1S/C10H19ClF3N/c1-3-8(4-2)9(11)7-15-6-5-10(12,13)14/h8-9,15H,3-7H2,1-2H3. The van der Waals surface area contributed by atoms with Crippen LogP contribution in [0.25, 0.3) is 0 Å². The first-order chi connectivity index (χ1) is 6.90. The van der Waals surface area contributed by atoms with Crippen LogP contribution in [0.3, 0.4) is 0 Å². The summed E-state index contributed by atoms with van der Waals surface area (Å²) < 4.78 is 35.4. The molecule has 1 N–H and O–H groups in total. The zero-order valence-electron chi connectivity index (χ0n) is 9.20. The van der Waals surface area contributed by atoms with Crippen molar-refractivity contribution in [3.05, 3.63) is 0 Å². The summed E-state index contributed by atoms with van der Waals surface area (Å²) in [4.78, 5) is 0. The Kier molecular flexibility index (Phi) is 7.36. The number of rotatable bonds is 7. The fourth-order valence-electron chi connectivity index (χ4n) is 1.44. The molecule has 1 atom stereocenters. The van der Waals surface area contributed by atoms with E-state index in [0.29, 0.717) is 12.5 Å². The van der Waals surface area contributed by atoms with Gasteiger partial charge in [-0.25, -0.2) is 0 Å². The van der Waals surface area contributed by atoms with E-state index in [0.717, 1.165) is 12.8 Å². The van der Waals surface area contributed by atoms with Crippen LogP contribution in [0.5, 0.6) is 0 Å². The third kappa shape index (κ3) is 7.91. The van der Waals surface area contributed by atoms with Crippen molar-refractivity contribution in [1.82, 2.24) is 5.32 Å². The van der Waals surface area contributed by atoms with E-state index in [4.69, 9.17) is 11.6 Å². The van der Waals surface area contributed by atoms with Gasteiger partial charge >= 0.3 is 6.18 Å². The summed E-state index contributed by atoms with van der Waals surface area (Å²) in [6, 6.07) is 0. The predicted molar refractivity (Wildman–Crippen MR) is 57.3 cm³/mol. The molecule has 0 aromatic carbocycles. The second-order valence-corrected chi connectivity index (χ2v) is 4.22. The molecule has 0 fully saturated rings. The first-order valence-corrected chi connectivity index (χ1v) is 5.75. The van der Waals surface area contributed by atoms with Gasteiger partial charge in [0.2, 0.25) is 0 Å². The molecule has 0 aliphatic rings. The highest BCUT2D eigenvalue weighted by Crippen LogP contribution is 2.19. The van der Waals surface area contributed by atoms with Gasteiger partial charge in [-0.1, -0.05) is 26.7 Å². The summed E-state index contributed by atoms with van der Waals surface area (Å²) in [5.41, 5.74) is 0. The molecule has 0 aromatic heterocycles. The van der Waals surface area contributed by atoms with Crippen LogP contribution in [-0.2, 0) is 0 Å². The maximum Gasteiger partial charge on any atom is 0.390 e. The Bertz CT molecular complexity index is 157. The van der Waals surface area contributed by atoms with Crippen molar-refractivity contribution in [2.45, 2.75) is 44.7 Å². The lowest BCUT2D eigenvalue weighted by Crippen LogP contribution is -2.31. The van der Waals surface area contributed by atoms with Crippen molar-refractivity contribution >= 4 is 11.6 Å². The lowest BCUT2D eigenvalue weighted by atomic mass is 9.99. The number of halogens is 4. The zero-order chi connectivity index (χ0) is 11.9. The number of alkyl halides is 4. The molecule has 1 unspecified atom stereocenters. The highest BCUT2D eigenvalue weighted by Gasteiger charge is 2.26. The van der Waals surface area contributed by atoms with Gasteiger partial charge in [0.25, 0.3) is 0 Å². The van der Waals surface area contributed by atoms with Crippen LogP contribution < -0.4 is 5.32 Å². The smallest absolute Gasteiger partial charge is 0.315 e. The van der Waals surface area contributed by atoms with E-state index < -0.39 is 12.6 Å². The lowest BCUT2D eigenvalue weighted by Gasteiger charge is -2.19. The van der Waals surface area contributed by atoms with Gasteiger partial charge in [0.15, 0.2) is 0 Å². The van der Waals surface area contributed by atoms with Crippen molar-refractivity contribution < 1.29 is 13.2 Å². The summed E-state index contributed by atoms with van der Waals surface area (Å²) in [5, 5.41) is 2.66. The molecule has 0 saturated carbocycles. The van der Waals surface area contributed by atoms with Gasteiger partial charge in [-0.15, -0.1) is 11.6 Å². The molecular weight excluding hydrogens is 227 g/mol. The SMILES string of the molecule is CCC(CC)C(Cl)CNCCC(F)(F)F. The Labute approximate surface area is 94.4 Å². The zero-order valence-corrected chi connectivity index (χ0v) is 9.96. The van der Waals surface area contributed by atoms with E-state index >= 15 is 0 Å². The molecule has 0 aliphatic heterocycles. The van der Waals surface area contributed by atoms with E-state index in [1.165, 1.54) is 0 Å². The van der Waals surface area contributed by atoms with Crippen LogP contribution in [0, 0.1) is 5.92 Å². The van der Waals surface area contributed by atoms with Crippen LogP contribution in [0.2, 0.25) is 0 Å². The summed E-state index contributed by atoms with van der Waals surface area (Å²) in [5.74, 6) is 0.380. The Hall–Kier alpha value is 0.0400. The Morgan fingerprint density at radius 1 is 1.20 bits per heavy atom. The molecule has 15 heavy (non-hydrogen) atoms. The lowest BCUT2D eigenvalue weighted by molar-refractivity contribution is -0.133. The summed E-state index contributed by atoms with van der Waals surface area (Å²) in [6.07, 6.45) is -2.94. The molecule has 5 heteroatoms. The van der Waals surface area contributed by atoms with Crippen LogP contribution in [-0.4, -0.2) is 24.6 Å². The van der Waals surface area contributed by atoms with Crippen LogP contribution in [0.1, 0.15) is 33.1 Å². The van der Waals surface area contributed by atoms with E-state index in [1.54, 1.807) is 0 Å². The minimum atomic E-state index is -4.08. The normalized spacial score (nSPS) is 14.6. The Balaban J connectivity index is 3.58. The molecule has 92 valence electrons.